The van der Waals surface area contributed by atoms with Crippen molar-refractivity contribution in [1.29, 1.82) is 0 Å². The number of carbonyl (C=O) groups excluding carboxylic acids is 2. The van der Waals surface area contributed by atoms with Crippen LogP contribution >= 0.6 is 0 Å². The lowest BCUT2D eigenvalue weighted by Gasteiger charge is -2.12. The Morgan fingerprint density at radius 2 is 1.62 bits per heavy atom. The number of carbonyl (C=O) groups is 2. The molecule has 0 aliphatic carbocycles. The maximum atomic E-state index is 12.0. The maximum Gasteiger partial charge on any atom is 0.312 e. The van der Waals surface area contributed by atoms with Crippen LogP contribution in [0.25, 0.3) is 0 Å². The minimum absolute atomic E-state index is 0.100. The van der Waals surface area contributed by atoms with Gasteiger partial charge in [-0.15, -0.1) is 0 Å². The van der Waals surface area contributed by atoms with Gasteiger partial charge >= 0.3 is 5.97 Å². The standard InChI is InChI=1S/C20H23NO3/c1-14-9-10-15(2)20(16(14)3)24-19(23)11-12-21-18(22)13-17-7-5-4-6-8-17/h4-10H,11-13H2,1-3H3,(H,21,22). The van der Waals surface area contributed by atoms with E-state index in [0.29, 0.717) is 12.2 Å². The molecule has 0 heterocycles. The summed E-state index contributed by atoms with van der Waals surface area (Å²) < 4.78 is 5.47. The van der Waals surface area contributed by atoms with E-state index in [2.05, 4.69) is 5.32 Å². The van der Waals surface area contributed by atoms with Crippen molar-refractivity contribution < 1.29 is 14.3 Å². The fourth-order valence-electron chi connectivity index (χ4n) is 2.40. The molecule has 2 rings (SSSR count). The van der Waals surface area contributed by atoms with Gasteiger partial charge in [0.25, 0.3) is 0 Å². The summed E-state index contributed by atoms with van der Waals surface area (Å²) in [5, 5.41) is 2.75. The van der Waals surface area contributed by atoms with Crippen LogP contribution in [-0.4, -0.2) is 18.4 Å². The van der Waals surface area contributed by atoms with Gasteiger partial charge in [0, 0.05) is 6.54 Å². The quantitative estimate of drug-likeness (QED) is 0.655. The first-order chi connectivity index (χ1) is 11.5. The Bertz CT molecular complexity index is 723. The van der Waals surface area contributed by atoms with Gasteiger partial charge in [0.2, 0.25) is 5.91 Å². The van der Waals surface area contributed by atoms with Crippen LogP contribution in [0.15, 0.2) is 42.5 Å². The Kier molecular flexibility index (Phi) is 6.13. The van der Waals surface area contributed by atoms with E-state index in [4.69, 9.17) is 4.74 Å². The largest absolute Gasteiger partial charge is 0.426 e. The molecule has 1 N–H and O–H groups in total. The van der Waals surface area contributed by atoms with Gasteiger partial charge in [-0.25, -0.2) is 0 Å². The van der Waals surface area contributed by atoms with E-state index in [9.17, 15) is 9.59 Å². The van der Waals surface area contributed by atoms with Crippen LogP contribution in [0.3, 0.4) is 0 Å². The molecule has 0 atom stereocenters. The van der Waals surface area contributed by atoms with Gasteiger partial charge in [0.05, 0.1) is 12.8 Å². The molecule has 0 fully saturated rings. The summed E-state index contributed by atoms with van der Waals surface area (Å²) in [6, 6.07) is 13.4. The molecule has 0 saturated heterocycles. The molecule has 126 valence electrons. The van der Waals surface area contributed by atoms with Crippen molar-refractivity contribution in [3.05, 3.63) is 64.7 Å². The molecule has 0 aromatic heterocycles. The Morgan fingerprint density at radius 1 is 0.958 bits per heavy atom. The molecule has 24 heavy (non-hydrogen) atoms. The lowest BCUT2D eigenvalue weighted by atomic mass is 10.1. The molecular formula is C20H23NO3. The van der Waals surface area contributed by atoms with Crippen LogP contribution < -0.4 is 10.1 Å². The molecule has 4 nitrogen and oxygen atoms in total. The van der Waals surface area contributed by atoms with Crippen LogP contribution in [-0.2, 0) is 16.0 Å². The van der Waals surface area contributed by atoms with Gasteiger partial charge in [-0.3, -0.25) is 9.59 Å². The molecule has 0 aliphatic heterocycles. The molecule has 4 heteroatoms. The van der Waals surface area contributed by atoms with Crippen molar-refractivity contribution in [2.75, 3.05) is 6.54 Å². The highest BCUT2D eigenvalue weighted by Gasteiger charge is 2.12. The molecule has 0 spiro atoms. The molecule has 2 aromatic carbocycles. The lowest BCUT2D eigenvalue weighted by molar-refractivity contribution is -0.134. The van der Waals surface area contributed by atoms with Crippen molar-refractivity contribution in [1.82, 2.24) is 5.32 Å². The first kappa shape index (κ1) is 17.7. The van der Waals surface area contributed by atoms with Crippen molar-refractivity contribution in [3.8, 4) is 5.75 Å². The highest BCUT2D eigenvalue weighted by molar-refractivity contribution is 5.79. The minimum atomic E-state index is -0.341. The zero-order valence-electron chi connectivity index (χ0n) is 14.4. The lowest BCUT2D eigenvalue weighted by Crippen LogP contribution is -2.28. The number of esters is 1. The smallest absolute Gasteiger partial charge is 0.312 e. The van der Waals surface area contributed by atoms with Crippen LogP contribution in [0.4, 0.5) is 0 Å². The number of benzene rings is 2. The monoisotopic (exact) mass is 325 g/mol. The normalized spacial score (nSPS) is 10.3. The molecule has 0 aliphatic rings. The van der Waals surface area contributed by atoms with E-state index in [1.165, 1.54) is 0 Å². The second kappa shape index (κ2) is 8.29. The third-order valence-electron chi connectivity index (χ3n) is 3.95. The summed E-state index contributed by atoms with van der Waals surface area (Å²) in [7, 11) is 0. The molecule has 0 unspecified atom stereocenters. The van der Waals surface area contributed by atoms with Crippen molar-refractivity contribution in [2.24, 2.45) is 0 Å². The van der Waals surface area contributed by atoms with Gasteiger partial charge < -0.3 is 10.1 Å². The summed E-state index contributed by atoms with van der Waals surface area (Å²) in [5.74, 6) is 0.180. The molecule has 2 aromatic rings. The average Bonchev–Trinajstić information content (AvgIpc) is 2.56. The van der Waals surface area contributed by atoms with Crippen LogP contribution in [0.1, 0.15) is 28.7 Å². The second-order valence-corrected chi connectivity index (χ2v) is 5.89. The first-order valence-corrected chi connectivity index (χ1v) is 8.05. The summed E-state index contributed by atoms with van der Waals surface area (Å²) in [6.45, 7) is 6.10. The Balaban J connectivity index is 1.80. The summed E-state index contributed by atoms with van der Waals surface area (Å²) >= 11 is 0. The minimum Gasteiger partial charge on any atom is -0.426 e. The van der Waals surface area contributed by atoms with Crippen LogP contribution in [0.2, 0.25) is 0 Å². The number of amides is 1. The summed E-state index contributed by atoms with van der Waals surface area (Å²) in [4.78, 5) is 23.8. The molecule has 1 amide bonds. The number of aryl methyl sites for hydroxylation is 2. The SMILES string of the molecule is Cc1ccc(C)c(OC(=O)CCNC(=O)Cc2ccccc2)c1C. The Hall–Kier alpha value is -2.62. The summed E-state index contributed by atoms with van der Waals surface area (Å²) in [5.41, 5.74) is 3.93. The number of ether oxygens (including phenoxy) is 1. The first-order valence-electron chi connectivity index (χ1n) is 8.05. The van der Waals surface area contributed by atoms with Gasteiger partial charge in [-0.2, -0.15) is 0 Å². The van der Waals surface area contributed by atoms with E-state index in [-0.39, 0.29) is 24.8 Å². The fourth-order valence-corrected chi connectivity index (χ4v) is 2.40. The molecular weight excluding hydrogens is 302 g/mol. The second-order valence-electron chi connectivity index (χ2n) is 5.89. The topological polar surface area (TPSA) is 55.4 Å². The van der Waals surface area contributed by atoms with E-state index < -0.39 is 0 Å². The number of rotatable bonds is 6. The highest BCUT2D eigenvalue weighted by atomic mass is 16.5. The van der Waals surface area contributed by atoms with E-state index in [0.717, 1.165) is 22.3 Å². The molecule has 0 radical (unpaired) electrons. The van der Waals surface area contributed by atoms with E-state index in [1.807, 2.05) is 63.2 Å². The van der Waals surface area contributed by atoms with Gasteiger partial charge in [0.1, 0.15) is 5.75 Å². The predicted molar refractivity (Wildman–Crippen MR) is 94.1 cm³/mol. The predicted octanol–water partition coefficient (Wildman–Crippen LogP) is 3.27. The number of hydrogen-bond donors (Lipinski definition) is 1. The van der Waals surface area contributed by atoms with Crippen molar-refractivity contribution in [3.63, 3.8) is 0 Å². The number of nitrogens with one attached hydrogen (secondary N) is 1. The van der Waals surface area contributed by atoms with Crippen LogP contribution in [0, 0.1) is 20.8 Å². The van der Waals surface area contributed by atoms with Gasteiger partial charge in [-0.1, -0.05) is 42.5 Å². The van der Waals surface area contributed by atoms with Gasteiger partial charge in [0.15, 0.2) is 0 Å². The van der Waals surface area contributed by atoms with E-state index in [1.54, 1.807) is 0 Å². The number of hydrogen-bond acceptors (Lipinski definition) is 3. The fraction of sp³-hybridized carbons (Fsp3) is 0.300. The third kappa shape index (κ3) is 4.95. The van der Waals surface area contributed by atoms with Crippen molar-refractivity contribution in [2.45, 2.75) is 33.6 Å². The van der Waals surface area contributed by atoms with Gasteiger partial charge in [-0.05, 0) is 43.0 Å². The average molecular weight is 325 g/mol. The molecule has 0 saturated carbocycles. The molecule has 0 bridgehead atoms. The zero-order valence-corrected chi connectivity index (χ0v) is 14.4. The van der Waals surface area contributed by atoms with Crippen molar-refractivity contribution >= 4 is 11.9 Å². The van der Waals surface area contributed by atoms with Crippen LogP contribution in [0.5, 0.6) is 5.75 Å². The third-order valence-corrected chi connectivity index (χ3v) is 3.95. The Morgan fingerprint density at radius 3 is 2.33 bits per heavy atom. The Labute approximate surface area is 142 Å². The summed E-state index contributed by atoms with van der Waals surface area (Å²) in [6.07, 6.45) is 0.458. The maximum absolute atomic E-state index is 12.0. The zero-order chi connectivity index (χ0) is 17.5. The van der Waals surface area contributed by atoms with E-state index >= 15 is 0 Å². The highest BCUT2D eigenvalue weighted by Crippen LogP contribution is 2.25.